The van der Waals surface area contributed by atoms with Crippen LogP contribution in [0.15, 0.2) is 0 Å². The molecule has 1 heterocycles. The molecule has 0 aromatic heterocycles. The van der Waals surface area contributed by atoms with E-state index in [9.17, 15) is 0 Å². The fraction of sp³-hybridized carbons (Fsp3) is 1.00. The summed E-state index contributed by atoms with van der Waals surface area (Å²) in [6.45, 7) is 6.39. The summed E-state index contributed by atoms with van der Waals surface area (Å²) in [6.07, 6.45) is 3.80. The second-order valence-electron chi connectivity index (χ2n) is 3.29. The number of hydrogen-bond donors (Lipinski definition) is 1. The van der Waals surface area contributed by atoms with Crippen molar-refractivity contribution in [3.63, 3.8) is 0 Å². The standard InChI is InChI=1S/C9H19NO/c1-2-6-11-8-9-4-3-5-10-7-9/h9-10H,2-8H2,1H3. The Morgan fingerprint density at radius 1 is 1.55 bits per heavy atom. The maximum absolute atomic E-state index is 5.48. The molecule has 2 nitrogen and oxygen atoms in total. The van der Waals surface area contributed by atoms with Crippen molar-refractivity contribution in [2.24, 2.45) is 5.92 Å². The molecule has 1 aliphatic rings. The predicted molar refractivity (Wildman–Crippen MR) is 46.7 cm³/mol. The molecular formula is C9H19NO. The van der Waals surface area contributed by atoms with Crippen LogP contribution >= 0.6 is 0 Å². The minimum Gasteiger partial charge on any atom is -0.381 e. The highest BCUT2D eigenvalue weighted by Gasteiger charge is 2.11. The van der Waals surface area contributed by atoms with Crippen LogP contribution in [-0.2, 0) is 4.74 Å². The Morgan fingerprint density at radius 2 is 2.45 bits per heavy atom. The Morgan fingerprint density at radius 3 is 3.09 bits per heavy atom. The minimum absolute atomic E-state index is 0.773. The highest BCUT2D eigenvalue weighted by Crippen LogP contribution is 2.09. The monoisotopic (exact) mass is 157 g/mol. The molecule has 1 fully saturated rings. The topological polar surface area (TPSA) is 21.3 Å². The molecule has 0 aliphatic carbocycles. The second-order valence-corrected chi connectivity index (χ2v) is 3.29. The molecule has 1 rings (SSSR count). The second kappa shape index (κ2) is 5.56. The third kappa shape index (κ3) is 3.73. The summed E-state index contributed by atoms with van der Waals surface area (Å²) in [4.78, 5) is 0. The van der Waals surface area contributed by atoms with Gasteiger partial charge in [0.1, 0.15) is 0 Å². The van der Waals surface area contributed by atoms with Gasteiger partial charge in [0.05, 0.1) is 6.61 Å². The lowest BCUT2D eigenvalue weighted by molar-refractivity contribution is 0.0904. The molecule has 2 heteroatoms. The van der Waals surface area contributed by atoms with E-state index in [1.54, 1.807) is 0 Å². The first-order chi connectivity index (χ1) is 5.43. The Kier molecular flexibility index (Phi) is 4.55. The fourth-order valence-corrected chi connectivity index (χ4v) is 1.46. The Bertz CT molecular complexity index is 89.6. The van der Waals surface area contributed by atoms with E-state index in [0.717, 1.165) is 32.1 Å². The Hall–Kier alpha value is -0.0800. The zero-order chi connectivity index (χ0) is 7.94. The summed E-state index contributed by atoms with van der Waals surface area (Å²) in [5.41, 5.74) is 0. The maximum Gasteiger partial charge on any atom is 0.0506 e. The molecule has 1 N–H and O–H groups in total. The quantitative estimate of drug-likeness (QED) is 0.623. The number of ether oxygens (including phenoxy) is 1. The van der Waals surface area contributed by atoms with E-state index < -0.39 is 0 Å². The molecule has 0 saturated carbocycles. The molecular weight excluding hydrogens is 138 g/mol. The highest BCUT2D eigenvalue weighted by molar-refractivity contribution is 4.67. The average molecular weight is 157 g/mol. The summed E-state index contributed by atoms with van der Waals surface area (Å²) in [5.74, 6) is 0.773. The molecule has 1 saturated heterocycles. The molecule has 0 aromatic rings. The van der Waals surface area contributed by atoms with Crippen LogP contribution in [0, 0.1) is 5.92 Å². The molecule has 1 atom stereocenters. The molecule has 0 amide bonds. The molecule has 1 unspecified atom stereocenters. The molecule has 0 spiro atoms. The van der Waals surface area contributed by atoms with Gasteiger partial charge in [0, 0.05) is 13.2 Å². The number of rotatable bonds is 4. The molecule has 11 heavy (non-hydrogen) atoms. The van der Waals surface area contributed by atoms with Crippen LogP contribution in [0.4, 0.5) is 0 Å². The van der Waals surface area contributed by atoms with Crippen LogP contribution in [0.1, 0.15) is 26.2 Å². The van der Waals surface area contributed by atoms with Gasteiger partial charge in [0.25, 0.3) is 0 Å². The third-order valence-electron chi connectivity index (χ3n) is 2.10. The zero-order valence-corrected chi connectivity index (χ0v) is 7.44. The van der Waals surface area contributed by atoms with Gasteiger partial charge in [0.2, 0.25) is 0 Å². The normalized spacial score (nSPS) is 25.4. The first-order valence-electron chi connectivity index (χ1n) is 4.72. The van der Waals surface area contributed by atoms with Gasteiger partial charge in [0.15, 0.2) is 0 Å². The van der Waals surface area contributed by atoms with E-state index in [1.165, 1.54) is 19.4 Å². The van der Waals surface area contributed by atoms with Gasteiger partial charge in [-0.15, -0.1) is 0 Å². The number of nitrogens with one attached hydrogen (secondary N) is 1. The average Bonchev–Trinajstić information content (AvgIpc) is 2.07. The van der Waals surface area contributed by atoms with E-state index in [2.05, 4.69) is 12.2 Å². The summed E-state index contributed by atoms with van der Waals surface area (Å²) in [5, 5.41) is 3.38. The van der Waals surface area contributed by atoms with Crippen LogP contribution < -0.4 is 5.32 Å². The lowest BCUT2D eigenvalue weighted by Crippen LogP contribution is -2.32. The van der Waals surface area contributed by atoms with Crippen LogP contribution in [-0.4, -0.2) is 26.3 Å². The lowest BCUT2D eigenvalue weighted by Gasteiger charge is -2.22. The van der Waals surface area contributed by atoms with Crippen molar-refractivity contribution in [1.82, 2.24) is 5.32 Å². The fourth-order valence-electron chi connectivity index (χ4n) is 1.46. The van der Waals surface area contributed by atoms with Crippen LogP contribution in [0.2, 0.25) is 0 Å². The van der Waals surface area contributed by atoms with E-state index in [-0.39, 0.29) is 0 Å². The first kappa shape index (κ1) is 9.01. The number of hydrogen-bond acceptors (Lipinski definition) is 2. The predicted octanol–water partition coefficient (Wildman–Crippen LogP) is 1.41. The first-order valence-corrected chi connectivity index (χ1v) is 4.72. The maximum atomic E-state index is 5.48. The lowest BCUT2D eigenvalue weighted by atomic mass is 10.0. The van der Waals surface area contributed by atoms with Gasteiger partial charge >= 0.3 is 0 Å². The summed E-state index contributed by atoms with van der Waals surface area (Å²) >= 11 is 0. The third-order valence-corrected chi connectivity index (χ3v) is 2.10. The van der Waals surface area contributed by atoms with Gasteiger partial charge in [-0.3, -0.25) is 0 Å². The van der Waals surface area contributed by atoms with Crippen molar-refractivity contribution in [3.8, 4) is 0 Å². The van der Waals surface area contributed by atoms with E-state index in [0.29, 0.717) is 0 Å². The SMILES string of the molecule is CCCOCC1CCCNC1. The van der Waals surface area contributed by atoms with E-state index in [1.807, 2.05) is 0 Å². The van der Waals surface area contributed by atoms with E-state index >= 15 is 0 Å². The van der Waals surface area contributed by atoms with Gasteiger partial charge < -0.3 is 10.1 Å². The molecule has 0 aromatic carbocycles. The zero-order valence-electron chi connectivity index (χ0n) is 7.44. The van der Waals surface area contributed by atoms with Crippen molar-refractivity contribution in [2.45, 2.75) is 26.2 Å². The van der Waals surface area contributed by atoms with Crippen molar-refractivity contribution < 1.29 is 4.74 Å². The number of piperidine rings is 1. The highest BCUT2D eigenvalue weighted by atomic mass is 16.5. The minimum atomic E-state index is 0.773. The Balaban J connectivity index is 1.96. The summed E-state index contributed by atoms with van der Waals surface area (Å²) < 4.78 is 5.48. The van der Waals surface area contributed by atoms with Crippen molar-refractivity contribution in [2.75, 3.05) is 26.3 Å². The molecule has 0 radical (unpaired) electrons. The van der Waals surface area contributed by atoms with Gasteiger partial charge in [-0.05, 0) is 31.7 Å². The van der Waals surface area contributed by atoms with Crippen LogP contribution in [0.5, 0.6) is 0 Å². The van der Waals surface area contributed by atoms with Crippen molar-refractivity contribution in [1.29, 1.82) is 0 Å². The summed E-state index contributed by atoms with van der Waals surface area (Å²) in [6, 6.07) is 0. The van der Waals surface area contributed by atoms with Crippen molar-refractivity contribution >= 4 is 0 Å². The van der Waals surface area contributed by atoms with Gasteiger partial charge in [-0.2, -0.15) is 0 Å². The smallest absolute Gasteiger partial charge is 0.0506 e. The van der Waals surface area contributed by atoms with Crippen LogP contribution in [0.25, 0.3) is 0 Å². The van der Waals surface area contributed by atoms with Gasteiger partial charge in [-0.25, -0.2) is 0 Å². The molecule has 1 aliphatic heterocycles. The van der Waals surface area contributed by atoms with Gasteiger partial charge in [-0.1, -0.05) is 6.92 Å². The molecule has 66 valence electrons. The summed E-state index contributed by atoms with van der Waals surface area (Å²) in [7, 11) is 0. The largest absolute Gasteiger partial charge is 0.381 e. The molecule has 0 bridgehead atoms. The van der Waals surface area contributed by atoms with Crippen LogP contribution in [0.3, 0.4) is 0 Å². The van der Waals surface area contributed by atoms with Crippen molar-refractivity contribution in [3.05, 3.63) is 0 Å². The van der Waals surface area contributed by atoms with E-state index in [4.69, 9.17) is 4.74 Å². The Labute approximate surface area is 69.3 Å².